The smallest absolute Gasteiger partial charge is 0.256 e. The average Bonchev–Trinajstić information content (AvgIpc) is 3.13. The van der Waals surface area contributed by atoms with Gasteiger partial charge in [0.05, 0.1) is 19.8 Å². The zero-order valence-electron chi connectivity index (χ0n) is 17.0. The van der Waals surface area contributed by atoms with E-state index in [2.05, 4.69) is 10.2 Å². The molecule has 7 heteroatoms. The molecule has 0 bridgehead atoms. The molecule has 0 unspecified atom stereocenters. The first-order valence-electron chi connectivity index (χ1n) is 10.8. The van der Waals surface area contributed by atoms with Crippen molar-refractivity contribution >= 4 is 11.8 Å². The maximum atomic E-state index is 13.4. The number of morpholine rings is 1. The van der Waals surface area contributed by atoms with E-state index in [0.29, 0.717) is 12.1 Å². The Hall–Kier alpha value is -1.96. The van der Waals surface area contributed by atoms with Crippen LogP contribution in [0.4, 0.5) is 0 Å². The zero-order valence-corrected chi connectivity index (χ0v) is 17.0. The predicted molar refractivity (Wildman–Crippen MR) is 108 cm³/mol. The van der Waals surface area contributed by atoms with Gasteiger partial charge in [-0.1, -0.05) is 24.6 Å². The van der Waals surface area contributed by atoms with E-state index in [9.17, 15) is 9.59 Å². The Morgan fingerprint density at radius 3 is 2.52 bits per heavy atom. The molecule has 2 heterocycles. The fraction of sp³-hybridized carbons (Fsp3) is 0.636. The van der Waals surface area contributed by atoms with Crippen molar-refractivity contribution in [3.8, 4) is 0 Å². The largest absolute Gasteiger partial charge is 0.379 e. The van der Waals surface area contributed by atoms with Crippen LogP contribution in [-0.2, 0) is 14.3 Å². The number of carbonyl (C=O) groups is 2. The maximum Gasteiger partial charge on any atom is 0.256 e. The van der Waals surface area contributed by atoms with Gasteiger partial charge in [-0.15, -0.1) is 0 Å². The van der Waals surface area contributed by atoms with Gasteiger partial charge >= 0.3 is 0 Å². The van der Waals surface area contributed by atoms with Crippen molar-refractivity contribution < 1.29 is 19.1 Å². The van der Waals surface area contributed by atoms with Gasteiger partial charge in [0.25, 0.3) is 5.91 Å². The van der Waals surface area contributed by atoms with Crippen molar-refractivity contribution in [1.29, 1.82) is 0 Å². The van der Waals surface area contributed by atoms with Crippen LogP contribution in [-0.4, -0.2) is 79.4 Å². The van der Waals surface area contributed by atoms with Crippen LogP contribution in [0.1, 0.15) is 42.5 Å². The minimum atomic E-state index is -0.641. The molecular formula is C22H31N3O4. The molecule has 158 valence electrons. The lowest BCUT2D eigenvalue weighted by atomic mass is 9.89. The van der Waals surface area contributed by atoms with Gasteiger partial charge in [0.1, 0.15) is 11.8 Å². The Morgan fingerprint density at radius 2 is 1.79 bits per heavy atom. The molecular weight excluding hydrogens is 370 g/mol. The van der Waals surface area contributed by atoms with Crippen molar-refractivity contribution in [3.63, 3.8) is 0 Å². The average molecular weight is 402 g/mol. The zero-order chi connectivity index (χ0) is 20.1. The second-order valence-corrected chi connectivity index (χ2v) is 8.12. The summed E-state index contributed by atoms with van der Waals surface area (Å²) in [5.74, 6) is -0.233. The molecule has 7 nitrogen and oxygen atoms in total. The van der Waals surface area contributed by atoms with E-state index in [4.69, 9.17) is 9.47 Å². The minimum Gasteiger partial charge on any atom is -0.379 e. The summed E-state index contributed by atoms with van der Waals surface area (Å²) in [5.41, 5.74) is -0.0359. The molecule has 3 fully saturated rings. The highest BCUT2D eigenvalue weighted by Crippen LogP contribution is 2.41. The third kappa shape index (κ3) is 4.47. The minimum absolute atomic E-state index is 0.113. The predicted octanol–water partition coefficient (Wildman–Crippen LogP) is 1.64. The third-order valence-electron chi connectivity index (χ3n) is 6.27. The highest BCUT2D eigenvalue weighted by atomic mass is 16.5. The van der Waals surface area contributed by atoms with Gasteiger partial charge < -0.3 is 14.8 Å². The molecule has 1 aromatic rings. The molecule has 1 aromatic carbocycles. The van der Waals surface area contributed by atoms with E-state index >= 15 is 0 Å². The molecule has 1 atom stereocenters. The van der Waals surface area contributed by atoms with E-state index < -0.39 is 11.8 Å². The highest BCUT2D eigenvalue weighted by Gasteiger charge is 2.52. The van der Waals surface area contributed by atoms with Gasteiger partial charge in [-0.3, -0.25) is 19.4 Å². The highest BCUT2D eigenvalue weighted by molar-refractivity contribution is 5.98. The summed E-state index contributed by atoms with van der Waals surface area (Å²) in [6, 6.07) is 8.65. The lowest BCUT2D eigenvalue weighted by Crippen LogP contribution is -2.56. The second-order valence-electron chi connectivity index (χ2n) is 8.12. The van der Waals surface area contributed by atoms with Crippen LogP contribution in [0, 0.1) is 0 Å². The van der Waals surface area contributed by atoms with Crippen LogP contribution in [0.3, 0.4) is 0 Å². The number of benzene rings is 1. The number of nitrogens with one attached hydrogen (secondary N) is 1. The summed E-state index contributed by atoms with van der Waals surface area (Å²) in [7, 11) is 0. The summed E-state index contributed by atoms with van der Waals surface area (Å²) in [6.45, 7) is 4.89. The molecule has 1 saturated carbocycles. The number of amides is 2. The van der Waals surface area contributed by atoms with Crippen LogP contribution in [0.15, 0.2) is 30.3 Å². The van der Waals surface area contributed by atoms with Crippen molar-refractivity contribution in [2.75, 3.05) is 46.0 Å². The van der Waals surface area contributed by atoms with Gasteiger partial charge in [-0.25, -0.2) is 0 Å². The van der Waals surface area contributed by atoms with E-state index in [1.807, 2.05) is 30.3 Å². The summed E-state index contributed by atoms with van der Waals surface area (Å²) in [6.07, 6.45) is 4.77. The van der Waals surface area contributed by atoms with Crippen molar-refractivity contribution in [3.05, 3.63) is 35.9 Å². The van der Waals surface area contributed by atoms with Crippen LogP contribution >= 0.6 is 0 Å². The van der Waals surface area contributed by atoms with Gasteiger partial charge in [-0.2, -0.15) is 0 Å². The monoisotopic (exact) mass is 401 g/mol. The Balaban J connectivity index is 1.45. The molecule has 1 aliphatic carbocycles. The Labute approximate surface area is 172 Å². The number of hydrogen-bond acceptors (Lipinski definition) is 5. The molecule has 2 saturated heterocycles. The fourth-order valence-electron chi connectivity index (χ4n) is 4.67. The Bertz CT molecular complexity index is 699. The second kappa shape index (κ2) is 9.24. The first-order chi connectivity index (χ1) is 14.2. The number of rotatable bonds is 5. The van der Waals surface area contributed by atoms with E-state index in [-0.39, 0.29) is 18.4 Å². The summed E-state index contributed by atoms with van der Waals surface area (Å²) < 4.78 is 11.5. The summed E-state index contributed by atoms with van der Waals surface area (Å²) >= 11 is 0. The van der Waals surface area contributed by atoms with Gasteiger partial charge in [0.15, 0.2) is 0 Å². The quantitative estimate of drug-likeness (QED) is 0.812. The Morgan fingerprint density at radius 1 is 1.07 bits per heavy atom. The first kappa shape index (κ1) is 20.3. The van der Waals surface area contributed by atoms with Crippen LogP contribution in [0.2, 0.25) is 0 Å². The van der Waals surface area contributed by atoms with Crippen molar-refractivity contribution in [2.45, 2.75) is 43.9 Å². The molecule has 0 aromatic heterocycles. The molecule has 1 spiro atoms. The van der Waals surface area contributed by atoms with Crippen LogP contribution in [0.5, 0.6) is 0 Å². The lowest BCUT2D eigenvalue weighted by molar-refractivity contribution is -0.127. The van der Waals surface area contributed by atoms with Crippen molar-refractivity contribution in [2.24, 2.45) is 0 Å². The molecule has 1 N–H and O–H groups in total. The maximum absolute atomic E-state index is 13.4. The molecule has 3 aliphatic rings. The molecule has 2 amide bonds. The topological polar surface area (TPSA) is 71.1 Å². The summed E-state index contributed by atoms with van der Waals surface area (Å²) in [5, 5.41) is 3.03. The van der Waals surface area contributed by atoms with Gasteiger partial charge in [-0.05, 0) is 37.8 Å². The SMILES string of the molecule is O=C(NCCN1CCOCC1)[C@H]1COC2(CCCCC2)N1C(=O)c1ccccc1. The van der Waals surface area contributed by atoms with E-state index in [1.165, 1.54) is 0 Å². The van der Waals surface area contributed by atoms with Gasteiger partial charge in [0.2, 0.25) is 5.91 Å². The Kier molecular flexibility index (Phi) is 6.47. The fourth-order valence-corrected chi connectivity index (χ4v) is 4.67. The van der Waals surface area contributed by atoms with Crippen LogP contribution in [0.25, 0.3) is 0 Å². The summed E-state index contributed by atoms with van der Waals surface area (Å²) in [4.78, 5) is 30.5. The molecule has 2 aliphatic heterocycles. The number of carbonyl (C=O) groups excluding carboxylic acids is 2. The first-order valence-corrected chi connectivity index (χ1v) is 10.8. The number of nitrogens with zero attached hydrogens (tertiary/aromatic N) is 2. The van der Waals surface area contributed by atoms with Crippen molar-refractivity contribution in [1.82, 2.24) is 15.1 Å². The third-order valence-corrected chi connectivity index (χ3v) is 6.27. The number of hydrogen-bond donors (Lipinski definition) is 1. The molecule has 4 rings (SSSR count). The standard InChI is InChI=1S/C22H31N3O4/c26-20(23-11-12-24-13-15-28-16-14-24)19-17-29-22(9-5-2-6-10-22)25(19)21(27)18-7-3-1-4-8-18/h1,3-4,7-8,19H,2,5-6,9-17H2,(H,23,26)/t19-/m1/s1. The normalized spacial score (nSPS) is 24.6. The lowest BCUT2D eigenvalue weighted by Gasteiger charge is -2.41. The van der Waals surface area contributed by atoms with E-state index in [0.717, 1.165) is 65.0 Å². The van der Waals surface area contributed by atoms with Gasteiger partial charge in [0, 0.05) is 31.7 Å². The van der Waals surface area contributed by atoms with Crippen LogP contribution < -0.4 is 5.32 Å². The van der Waals surface area contributed by atoms with E-state index in [1.54, 1.807) is 4.90 Å². The molecule has 29 heavy (non-hydrogen) atoms. The molecule has 0 radical (unpaired) electrons. The number of ether oxygens (including phenoxy) is 2.